The first-order valence-corrected chi connectivity index (χ1v) is 19.6. The Morgan fingerprint density at radius 3 is 1.98 bits per heavy atom. The topological polar surface area (TPSA) is 3.24 Å². The molecule has 2 aliphatic rings. The fourth-order valence-electron chi connectivity index (χ4n) is 9.27. The highest BCUT2D eigenvalue weighted by Crippen LogP contribution is 2.51. The molecular formula is C53H47N. The molecule has 7 aromatic carbocycles. The predicted molar refractivity (Wildman–Crippen MR) is 233 cm³/mol. The summed E-state index contributed by atoms with van der Waals surface area (Å²) in [4.78, 5) is 2.47. The number of hydrogen-bond acceptors (Lipinski definition) is 1. The summed E-state index contributed by atoms with van der Waals surface area (Å²) < 4.78 is 0. The third kappa shape index (κ3) is 5.80. The minimum absolute atomic E-state index is 0.174. The van der Waals surface area contributed by atoms with Gasteiger partial charge in [-0.1, -0.05) is 161 Å². The summed E-state index contributed by atoms with van der Waals surface area (Å²) in [5, 5.41) is 4.95. The lowest BCUT2D eigenvalue weighted by molar-refractivity contribution is 0.654. The molecule has 1 heteroatoms. The van der Waals surface area contributed by atoms with E-state index < -0.39 is 0 Å². The Labute approximate surface area is 320 Å². The second kappa shape index (κ2) is 13.8. The summed E-state index contributed by atoms with van der Waals surface area (Å²) in [7, 11) is 0. The van der Waals surface area contributed by atoms with Crippen LogP contribution in [0.1, 0.15) is 69.1 Å². The van der Waals surface area contributed by atoms with E-state index in [1.807, 2.05) is 6.08 Å². The quantitative estimate of drug-likeness (QED) is 0.153. The van der Waals surface area contributed by atoms with Gasteiger partial charge in [-0.05, 0) is 128 Å². The van der Waals surface area contributed by atoms with Gasteiger partial charge in [0.25, 0.3) is 0 Å². The van der Waals surface area contributed by atoms with Crippen LogP contribution >= 0.6 is 0 Å². The van der Waals surface area contributed by atoms with Crippen molar-refractivity contribution in [2.45, 2.75) is 57.8 Å². The number of hydrogen-bond donors (Lipinski definition) is 0. The zero-order chi connectivity index (χ0) is 36.8. The van der Waals surface area contributed by atoms with Gasteiger partial charge < -0.3 is 4.90 Å². The van der Waals surface area contributed by atoms with Crippen molar-refractivity contribution in [1.29, 1.82) is 0 Å². The largest absolute Gasteiger partial charge is 0.310 e. The molecule has 7 aromatic rings. The molecule has 2 aliphatic carbocycles. The van der Waals surface area contributed by atoms with Gasteiger partial charge in [0, 0.05) is 22.4 Å². The molecule has 1 fully saturated rings. The monoisotopic (exact) mass is 697 g/mol. The molecule has 0 bridgehead atoms. The van der Waals surface area contributed by atoms with Crippen LogP contribution < -0.4 is 4.90 Å². The van der Waals surface area contributed by atoms with Gasteiger partial charge in [-0.15, -0.1) is 0 Å². The molecule has 0 unspecified atom stereocenters. The van der Waals surface area contributed by atoms with Crippen molar-refractivity contribution in [3.63, 3.8) is 0 Å². The maximum absolute atomic E-state index is 4.24. The van der Waals surface area contributed by atoms with E-state index in [-0.39, 0.29) is 5.41 Å². The molecular weight excluding hydrogens is 651 g/mol. The second-order valence-electron chi connectivity index (χ2n) is 15.6. The predicted octanol–water partition coefficient (Wildman–Crippen LogP) is 15.3. The van der Waals surface area contributed by atoms with Gasteiger partial charge in [0.15, 0.2) is 0 Å². The highest BCUT2D eigenvalue weighted by molar-refractivity contribution is 6.07. The molecule has 0 N–H and O–H groups in total. The highest BCUT2D eigenvalue weighted by Gasteiger charge is 2.36. The lowest BCUT2D eigenvalue weighted by atomic mass is 9.80. The fraction of sp³-hybridized carbons (Fsp3) is 0.170. The third-order valence-electron chi connectivity index (χ3n) is 12.1. The van der Waals surface area contributed by atoms with Gasteiger partial charge >= 0.3 is 0 Å². The van der Waals surface area contributed by atoms with E-state index >= 15 is 0 Å². The molecule has 1 nitrogen and oxygen atoms in total. The van der Waals surface area contributed by atoms with Crippen molar-refractivity contribution < 1.29 is 0 Å². The van der Waals surface area contributed by atoms with Crippen LogP contribution in [0.15, 0.2) is 176 Å². The number of allylic oxidation sites excluding steroid dienone is 5. The molecule has 0 atom stereocenters. The Morgan fingerprint density at radius 2 is 1.26 bits per heavy atom. The average Bonchev–Trinajstić information content (AvgIpc) is 3.83. The Balaban J connectivity index is 1.23. The van der Waals surface area contributed by atoms with Crippen LogP contribution in [0.3, 0.4) is 0 Å². The second-order valence-corrected chi connectivity index (χ2v) is 15.6. The zero-order valence-corrected chi connectivity index (χ0v) is 31.6. The van der Waals surface area contributed by atoms with E-state index in [0.717, 1.165) is 23.0 Å². The van der Waals surface area contributed by atoms with E-state index in [4.69, 9.17) is 0 Å². The molecule has 1 saturated carbocycles. The van der Waals surface area contributed by atoms with Gasteiger partial charge in [-0.2, -0.15) is 0 Å². The summed E-state index contributed by atoms with van der Waals surface area (Å²) in [6.07, 6.45) is 11.8. The summed E-state index contributed by atoms with van der Waals surface area (Å²) in [5.41, 5.74) is 14.8. The SMILES string of the molecule is C=CC1=C(/C=C\C)C(C)(C)c2cc(N(c3ccc(-c4ccc(C5CCCC5)cc4)cc3)c3ccc4ccccc4c3-c3ccc4ccccc4c3)ccc21. The van der Waals surface area contributed by atoms with E-state index in [2.05, 4.69) is 190 Å². The maximum Gasteiger partial charge on any atom is 0.0546 e. The molecule has 0 saturated heterocycles. The Hall–Kier alpha value is -5.92. The maximum atomic E-state index is 4.24. The van der Waals surface area contributed by atoms with E-state index in [1.165, 1.54) is 97.3 Å². The number of fused-ring (bicyclic) bond motifs is 3. The van der Waals surface area contributed by atoms with Gasteiger partial charge in [-0.25, -0.2) is 0 Å². The van der Waals surface area contributed by atoms with Crippen molar-refractivity contribution in [2.24, 2.45) is 0 Å². The van der Waals surface area contributed by atoms with Crippen LogP contribution in [0, 0.1) is 0 Å². The standard InChI is InChI=1S/C53H47N/c1-5-13-49-46(6-2)48-32-31-45(35-50(48)53(49,3)4)54(44-29-26-40(27-30-44)39-22-20-38(21-23-39)36-14-7-8-15-36)51-33-28-41-17-11-12-19-47(41)52(51)43-25-24-37-16-9-10-18-42(37)34-43/h5-6,9-13,16-36H,2,7-8,14-15H2,1,3-4H3/b13-5-. The molecule has 54 heavy (non-hydrogen) atoms. The first-order chi connectivity index (χ1) is 26.4. The average molecular weight is 698 g/mol. The Morgan fingerprint density at radius 1 is 0.630 bits per heavy atom. The lowest BCUT2D eigenvalue weighted by Crippen LogP contribution is -2.18. The van der Waals surface area contributed by atoms with Gasteiger partial charge in [0.2, 0.25) is 0 Å². The fourth-order valence-corrected chi connectivity index (χ4v) is 9.27. The molecule has 0 spiro atoms. The van der Waals surface area contributed by atoms with Crippen LogP contribution in [0.5, 0.6) is 0 Å². The summed E-state index contributed by atoms with van der Waals surface area (Å²) in [6, 6.07) is 54.5. The molecule has 0 aromatic heterocycles. The first kappa shape index (κ1) is 33.9. The Bertz CT molecular complexity index is 2590. The summed E-state index contributed by atoms with van der Waals surface area (Å²) in [5.74, 6) is 0.720. The summed E-state index contributed by atoms with van der Waals surface area (Å²) >= 11 is 0. The molecule has 0 heterocycles. The van der Waals surface area contributed by atoms with Gasteiger partial charge in [0.1, 0.15) is 0 Å². The van der Waals surface area contributed by atoms with Crippen molar-refractivity contribution >= 4 is 44.2 Å². The van der Waals surface area contributed by atoms with Crippen LogP contribution in [0.4, 0.5) is 17.1 Å². The number of nitrogens with zero attached hydrogens (tertiary/aromatic N) is 1. The van der Waals surface area contributed by atoms with Gasteiger partial charge in [0.05, 0.1) is 5.69 Å². The van der Waals surface area contributed by atoms with Crippen LogP contribution in [-0.4, -0.2) is 0 Å². The Kier molecular flexibility index (Phi) is 8.67. The number of anilines is 3. The van der Waals surface area contributed by atoms with E-state index in [9.17, 15) is 0 Å². The summed E-state index contributed by atoms with van der Waals surface area (Å²) in [6.45, 7) is 11.0. The third-order valence-corrected chi connectivity index (χ3v) is 12.1. The van der Waals surface area contributed by atoms with Gasteiger partial charge in [-0.3, -0.25) is 0 Å². The smallest absolute Gasteiger partial charge is 0.0546 e. The molecule has 0 amide bonds. The molecule has 0 aliphatic heterocycles. The van der Waals surface area contributed by atoms with Crippen molar-refractivity contribution in [3.05, 3.63) is 193 Å². The molecule has 9 rings (SSSR count). The number of rotatable bonds is 8. The van der Waals surface area contributed by atoms with Crippen LogP contribution in [0.2, 0.25) is 0 Å². The highest BCUT2D eigenvalue weighted by atomic mass is 15.1. The van der Waals surface area contributed by atoms with Crippen molar-refractivity contribution in [1.82, 2.24) is 0 Å². The van der Waals surface area contributed by atoms with E-state index in [1.54, 1.807) is 0 Å². The minimum Gasteiger partial charge on any atom is -0.310 e. The first-order valence-electron chi connectivity index (χ1n) is 19.6. The van der Waals surface area contributed by atoms with Crippen molar-refractivity contribution in [2.75, 3.05) is 4.90 Å². The van der Waals surface area contributed by atoms with E-state index in [0.29, 0.717) is 0 Å². The number of benzene rings is 7. The van der Waals surface area contributed by atoms with Crippen molar-refractivity contribution in [3.8, 4) is 22.3 Å². The lowest BCUT2D eigenvalue weighted by Gasteiger charge is -2.31. The zero-order valence-electron chi connectivity index (χ0n) is 31.6. The minimum atomic E-state index is -0.174. The normalized spacial score (nSPS) is 15.4. The molecule has 0 radical (unpaired) electrons. The molecule has 264 valence electrons. The van der Waals surface area contributed by atoms with Crippen LogP contribution in [0.25, 0.3) is 49.4 Å². The van der Waals surface area contributed by atoms with Crippen LogP contribution in [-0.2, 0) is 5.41 Å².